The van der Waals surface area contributed by atoms with Gasteiger partial charge in [-0.2, -0.15) is 0 Å². The lowest BCUT2D eigenvalue weighted by atomic mass is 9.74. The molecule has 1 saturated carbocycles. The van der Waals surface area contributed by atoms with E-state index in [2.05, 4.69) is 21.6 Å². The van der Waals surface area contributed by atoms with Gasteiger partial charge in [0.1, 0.15) is 11.6 Å². The van der Waals surface area contributed by atoms with Gasteiger partial charge in [-0.15, -0.1) is 0 Å². The van der Waals surface area contributed by atoms with Crippen LogP contribution in [0.2, 0.25) is 0 Å². The van der Waals surface area contributed by atoms with Gasteiger partial charge in [0.2, 0.25) is 17.7 Å². The third-order valence-electron chi connectivity index (χ3n) is 9.13. The third-order valence-corrected chi connectivity index (χ3v) is 9.13. The molecule has 0 aromatic heterocycles. The van der Waals surface area contributed by atoms with Crippen molar-refractivity contribution >= 4 is 23.4 Å². The van der Waals surface area contributed by atoms with Gasteiger partial charge in [-0.1, -0.05) is 37.5 Å². The average Bonchev–Trinajstić information content (AvgIpc) is 3.55. The summed E-state index contributed by atoms with van der Waals surface area (Å²) in [7, 11) is 0. The summed E-state index contributed by atoms with van der Waals surface area (Å²) >= 11 is 0. The van der Waals surface area contributed by atoms with Crippen LogP contribution in [0.15, 0.2) is 30.4 Å². The van der Waals surface area contributed by atoms with E-state index in [0.717, 1.165) is 49.9 Å². The van der Waals surface area contributed by atoms with E-state index in [1.54, 1.807) is 4.90 Å². The number of carbonyl (C=O) groups is 3. The van der Waals surface area contributed by atoms with Crippen LogP contribution in [0, 0.1) is 25.7 Å². The number of aryl methyl sites for hydroxylation is 2. The Morgan fingerprint density at radius 1 is 1.00 bits per heavy atom. The van der Waals surface area contributed by atoms with Crippen LogP contribution in [0.25, 0.3) is 0 Å². The number of hydrogen-bond donors (Lipinski definition) is 2. The fourth-order valence-electron chi connectivity index (χ4n) is 7.38. The molecule has 9 nitrogen and oxygen atoms in total. The fourth-order valence-corrected chi connectivity index (χ4v) is 7.38. The van der Waals surface area contributed by atoms with E-state index in [1.165, 1.54) is 6.42 Å². The van der Waals surface area contributed by atoms with Gasteiger partial charge in [0.05, 0.1) is 31.2 Å². The zero-order chi connectivity index (χ0) is 27.1. The average molecular weight is 537 g/mol. The number of hydrogen-bond acceptors (Lipinski definition) is 6. The first-order valence-electron chi connectivity index (χ1n) is 14.5. The number of benzene rings is 1. The van der Waals surface area contributed by atoms with Gasteiger partial charge in [-0.05, 0) is 49.9 Å². The Hall–Kier alpha value is -2.75. The summed E-state index contributed by atoms with van der Waals surface area (Å²) in [6, 6.07) is 5.23. The number of likely N-dealkylation sites (tertiary alicyclic amines) is 1. The Balaban J connectivity index is 1.27. The van der Waals surface area contributed by atoms with Gasteiger partial charge in [0, 0.05) is 37.9 Å². The highest BCUT2D eigenvalue weighted by atomic mass is 16.5. The van der Waals surface area contributed by atoms with Crippen LogP contribution in [0.5, 0.6) is 0 Å². The maximum atomic E-state index is 14.1. The molecule has 1 aliphatic carbocycles. The predicted molar refractivity (Wildman–Crippen MR) is 146 cm³/mol. The summed E-state index contributed by atoms with van der Waals surface area (Å²) in [5.74, 6) is -2.00. The Bertz CT molecular complexity index is 1140. The number of fused-ring (bicyclic) bond motifs is 1. The number of nitrogens with zero attached hydrogens (tertiary/aromatic N) is 2. The summed E-state index contributed by atoms with van der Waals surface area (Å²) in [5.41, 5.74) is 1.68. The molecule has 2 N–H and O–H groups in total. The molecule has 4 heterocycles. The normalized spacial score (nSPS) is 32.5. The van der Waals surface area contributed by atoms with Crippen molar-refractivity contribution in [1.82, 2.24) is 15.1 Å². The van der Waals surface area contributed by atoms with Crippen molar-refractivity contribution < 1.29 is 23.9 Å². The van der Waals surface area contributed by atoms with Crippen molar-refractivity contribution in [3.63, 3.8) is 0 Å². The maximum absolute atomic E-state index is 14.1. The van der Waals surface area contributed by atoms with E-state index in [0.29, 0.717) is 32.0 Å². The second kappa shape index (κ2) is 10.7. The fraction of sp³-hybridized carbons (Fsp3) is 0.633. The Kier molecular flexibility index (Phi) is 7.24. The number of amides is 3. The maximum Gasteiger partial charge on any atom is 0.246 e. The van der Waals surface area contributed by atoms with Crippen LogP contribution < -0.4 is 10.6 Å². The molecule has 1 aromatic carbocycles. The molecule has 3 saturated heterocycles. The standard InChI is InChI=1S/C30H40N4O5/c1-19-16-20(2)18-22(17-19)32-27(35)24-23-8-9-30(39-23)25(24)29(37)34(11-10-33-12-14-38-15-13-33)26(30)28(36)31-21-6-4-3-5-7-21/h8-9,16-18,21,23-26H,3-7,10-15H2,1-2H3,(H,31,36)(H,32,35)/t23-,24?,25-,26?,30?/m1/s1. The lowest BCUT2D eigenvalue weighted by Gasteiger charge is -2.35. The van der Waals surface area contributed by atoms with Crippen molar-refractivity contribution in [2.45, 2.75) is 69.7 Å². The molecular formula is C30H40N4O5. The lowest BCUT2D eigenvalue weighted by Crippen LogP contribution is -2.57. The Morgan fingerprint density at radius 2 is 1.72 bits per heavy atom. The number of nitrogens with one attached hydrogen (secondary N) is 2. The SMILES string of the molecule is Cc1cc(C)cc(NC(=O)C2[C@H]3C=CC4(O3)C(C(=O)NC3CCCCC3)N(CCN3CCOCC3)C(=O)[C@@H]24)c1. The molecule has 210 valence electrons. The predicted octanol–water partition coefficient (Wildman–Crippen LogP) is 2.17. The van der Waals surface area contributed by atoms with Crippen molar-refractivity contribution in [2.75, 3.05) is 44.7 Å². The second-order valence-electron chi connectivity index (χ2n) is 11.9. The monoisotopic (exact) mass is 536 g/mol. The smallest absolute Gasteiger partial charge is 0.246 e. The minimum Gasteiger partial charge on any atom is -0.379 e. The van der Waals surface area contributed by atoms with E-state index in [4.69, 9.17) is 9.47 Å². The highest BCUT2D eigenvalue weighted by molar-refractivity contribution is 6.02. The zero-order valence-electron chi connectivity index (χ0n) is 23.0. The molecule has 6 rings (SSSR count). The topological polar surface area (TPSA) is 100 Å². The van der Waals surface area contributed by atoms with Crippen LogP contribution in [0.4, 0.5) is 5.69 Å². The van der Waals surface area contributed by atoms with Crippen molar-refractivity contribution in [3.05, 3.63) is 41.5 Å². The van der Waals surface area contributed by atoms with Gasteiger partial charge in [-0.25, -0.2) is 0 Å². The van der Waals surface area contributed by atoms with Gasteiger partial charge < -0.3 is 25.0 Å². The first-order valence-corrected chi connectivity index (χ1v) is 14.5. The highest BCUT2D eigenvalue weighted by Gasteiger charge is 2.72. The number of anilines is 1. The molecule has 9 heteroatoms. The summed E-state index contributed by atoms with van der Waals surface area (Å²) in [6.07, 6.45) is 8.54. The largest absolute Gasteiger partial charge is 0.379 e. The summed E-state index contributed by atoms with van der Waals surface area (Å²) in [6.45, 7) is 7.97. The molecule has 4 aliphatic heterocycles. The first-order chi connectivity index (χ1) is 18.9. The van der Waals surface area contributed by atoms with E-state index < -0.39 is 29.6 Å². The molecule has 4 fully saturated rings. The Morgan fingerprint density at radius 3 is 2.44 bits per heavy atom. The van der Waals surface area contributed by atoms with Gasteiger partial charge >= 0.3 is 0 Å². The molecule has 3 amide bonds. The van der Waals surface area contributed by atoms with E-state index in [-0.39, 0.29) is 23.8 Å². The molecule has 1 aromatic rings. The first kappa shape index (κ1) is 26.5. The molecule has 1 spiro atoms. The van der Waals surface area contributed by atoms with Crippen LogP contribution in [0.1, 0.15) is 43.2 Å². The van der Waals surface area contributed by atoms with Crippen molar-refractivity contribution in [1.29, 1.82) is 0 Å². The van der Waals surface area contributed by atoms with Crippen LogP contribution in [-0.2, 0) is 23.9 Å². The summed E-state index contributed by atoms with van der Waals surface area (Å²) in [4.78, 5) is 45.7. The summed E-state index contributed by atoms with van der Waals surface area (Å²) in [5, 5.41) is 6.30. The van der Waals surface area contributed by atoms with Crippen molar-refractivity contribution in [2.24, 2.45) is 11.8 Å². The molecule has 3 unspecified atom stereocenters. The minimum absolute atomic E-state index is 0.115. The lowest BCUT2D eigenvalue weighted by molar-refractivity contribution is -0.141. The van der Waals surface area contributed by atoms with E-state index in [1.807, 2.05) is 38.1 Å². The van der Waals surface area contributed by atoms with Gasteiger partial charge in [0.25, 0.3) is 0 Å². The number of morpholine rings is 1. The minimum atomic E-state index is -1.13. The summed E-state index contributed by atoms with van der Waals surface area (Å²) < 4.78 is 12.0. The van der Waals surface area contributed by atoms with Gasteiger partial charge in [-0.3, -0.25) is 19.3 Å². The molecule has 2 bridgehead atoms. The Labute approximate surface area is 230 Å². The van der Waals surface area contributed by atoms with Crippen LogP contribution in [-0.4, -0.2) is 90.7 Å². The molecule has 5 atom stereocenters. The highest BCUT2D eigenvalue weighted by Crippen LogP contribution is 2.55. The molecular weight excluding hydrogens is 496 g/mol. The number of ether oxygens (including phenoxy) is 2. The van der Waals surface area contributed by atoms with E-state index >= 15 is 0 Å². The van der Waals surface area contributed by atoms with Crippen LogP contribution in [0.3, 0.4) is 0 Å². The van der Waals surface area contributed by atoms with E-state index in [9.17, 15) is 14.4 Å². The van der Waals surface area contributed by atoms with Gasteiger partial charge in [0.15, 0.2) is 0 Å². The quantitative estimate of drug-likeness (QED) is 0.519. The molecule has 0 radical (unpaired) electrons. The number of rotatable bonds is 7. The zero-order valence-corrected chi connectivity index (χ0v) is 23.0. The molecule has 39 heavy (non-hydrogen) atoms. The second-order valence-corrected chi connectivity index (χ2v) is 11.9. The third kappa shape index (κ3) is 4.89. The van der Waals surface area contributed by atoms with Crippen molar-refractivity contribution in [3.8, 4) is 0 Å². The number of carbonyl (C=O) groups excluding carboxylic acids is 3. The molecule has 5 aliphatic rings. The van der Waals surface area contributed by atoms with Crippen LogP contribution >= 0.6 is 0 Å².